The van der Waals surface area contributed by atoms with Crippen LogP contribution in [-0.2, 0) is 41.4 Å². The van der Waals surface area contributed by atoms with Crippen LogP contribution in [-0.4, -0.2) is 66.9 Å². The molecule has 6 atom stereocenters. The maximum Gasteiger partial charge on any atom is 0.188 e. The lowest BCUT2D eigenvalue weighted by Crippen LogP contribution is -2.47. The average molecular weight is 611 g/mol. The monoisotopic (exact) mass is 610 g/mol. The molecule has 2 aromatic rings. The molecule has 5 rings (SSSR count). The second-order valence-electron chi connectivity index (χ2n) is 13.1. The van der Waals surface area contributed by atoms with E-state index in [0.29, 0.717) is 69.6 Å². The summed E-state index contributed by atoms with van der Waals surface area (Å²) in [5.41, 5.74) is 4.44. The van der Waals surface area contributed by atoms with Crippen molar-refractivity contribution in [1.82, 2.24) is 0 Å². The molecule has 7 nitrogen and oxygen atoms in total. The Balaban J connectivity index is 1.09. The normalized spacial score (nSPS) is 27.5. The summed E-state index contributed by atoms with van der Waals surface area (Å²) < 4.78 is 39.9. The minimum atomic E-state index is 0.229. The van der Waals surface area contributed by atoms with Crippen LogP contribution in [0.4, 0.5) is 0 Å². The molecule has 3 aliphatic carbocycles. The van der Waals surface area contributed by atoms with Crippen LogP contribution in [0, 0.1) is 23.2 Å². The highest BCUT2D eigenvalue weighted by Crippen LogP contribution is 2.63. The van der Waals surface area contributed by atoms with Gasteiger partial charge in [0.1, 0.15) is 12.5 Å². The van der Waals surface area contributed by atoms with Gasteiger partial charge in [0.15, 0.2) is 6.79 Å². The predicted octanol–water partition coefficient (Wildman–Crippen LogP) is 7.16. The molecule has 0 N–H and O–H groups in total. The molecule has 0 heterocycles. The van der Waals surface area contributed by atoms with Gasteiger partial charge in [-0.2, -0.15) is 0 Å². The van der Waals surface area contributed by atoms with E-state index in [0.717, 1.165) is 31.6 Å². The van der Waals surface area contributed by atoms with Crippen molar-refractivity contribution >= 4 is 0 Å². The SMILES string of the molecule is COCOc1ccc2c(c1)C[C@@H](CCCCOCCOCCOCc1ccccc1)[C@@H]1[C@@H]2CC[C@]2(C)[C@@H](OCOC)CC[C@@H]12. The molecule has 0 radical (unpaired) electrons. The fourth-order valence-electron chi connectivity index (χ4n) is 8.46. The van der Waals surface area contributed by atoms with Crippen LogP contribution in [0.25, 0.3) is 0 Å². The lowest BCUT2D eigenvalue weighted by Gasteiger charge is -2.53. The summed E-state index contributed by atoms with van der Waals surface area (Å²) in [6.07, 6.45) is 9.77. The van der Waals surface area contributed by atoms with E-state index in [4.69, 9.17) is 33.2 Å². The molecule has 0 amide bonds. The second-order valence-corrected chi connectivity index (χ2v) is 13.1. The van der Waals surface area contributed by atoms with E-state index >= 15 is 0 Å². The van der Waals surface area contributed by atoms with E-state index < -0.39 is 0 Å². The third-order valence-corrected chi connectivity index (χ3v) is 10.5. The lowest BCUT2D eigenvalue weighted by molar-refractivity contribution is -0.128. The average Bonchev–Trinajstić information content (AvgIpc) is 3.39. The number of rotatable bonds is 19. The molecule has 44 heavy (non-hydrogen) atoms. The third-order valence-electron chi connectivity index (χ3n) is 10.5. The Morgan fingerprint density at radius 3 is 2.36 bits per heavy atom. The van der Waals surface area contributed by atoms with Gasteiger partial charge in [-0.25, -0.2) is 0 Å². The molecule has 2 saturated carbocycles. The van der Waals surface area contributed by atoms with Crippen molar-refractivity contribution in [2.75, 3.05) is 60.8 Å². The fraction of sp³-hybridized carbons (Fsp3) is 0.676. The zero-order valence-electron chi connectivity index (χ0n) is 27.2. The summed E-state index contributed by atoms with van der Waals surface area (Å²) in [6, 6.07) is 17.0. The van der Waals surface area contributed by atoms with Crippen LogP contribution >= 0.6 is 0 Å². The Morgan fingerprint density at radius 2 is 1.57 bits per heavy atom. The van der Waals surface area contributed by atoms with E-state index in [1.54, 1.807) is 19.8 Å². The van der Waals surface area contributed by atoms with Crippen molar-refractivity contribution in [2.45, 2.75) is 76.9 Å². The first-order valence-electron chi connectivity index (χ1n) is 16.8. The largest absolute Gasteiger partial charge is 0.468 e. The van der Waals surface area contributed by atoms with Crippen LogP contribution in [0.1, 0.15) is 74.5 Å². The van der Waals surface area contributed by atoms with E-state index in [1.807, 2.05) is 18.2 Å². The molecule has 2 aromatic carbocycles. The van der Waals surface area contributed by atoms with E-state index in [2.05, 4.69) is 37.3 Å². The van der Waals surface area contributed by atoms with Gasteiger partial charge in [0, 0.05) is 20.8 Å². The van der Waals surface area contributed by atoms with Crippen molar-refractivity contribution in [1.29, 1.82) is 0 Å². The highest BCUT2D eigenvalue weighted by atomic mass is 16.7. The molecule has 244 valence electrons. The molecule has 0 saturated heterocycles. The number of hydrogen-bond donors (Lipinski definition) is 0. The summed E-state index contributed by atoms with van der Waals surface area (Å²) in [7, 11) is 3.40. The molecule has 2 fully saturated rings. The summed E-state index contributed by atoms with van der Waals surface area (Å²) in [4.78, 5) is 0. The molecular formula is C37H54O7. The maximum atomic E-state index is 6.27. The molecule has 0 bridgehead atoms. The summed E-state index contributed by atoms with van der Waals surface area (Å²) in [5.74, 6) is 3.58. The molecule has 7 heteroatoms. The molecule has 0 unspecified atom stereocenters. The zero-order chi connectivity index (χ0) is 30.6. The van der Waals surface area contributed by atoms with Gasteiger partial charge in [0.05, 0.1) is 39.1 Å². The van der Waals surface area contributed by atoms with Crippen LogP contribution < -0.4 is 4.74 Å². The standard InChI is InChI=1S/C37H54O7/c1-37-17-16-33-32-13-12-31(43-26-38-2)24-30(32)23-29(36(33)34(37)14-15-35(37)44-27-39-3)11-7-8-18-40-19-20-41-21-22-42-25-28-9-5-4-6-10-28/h4-6,9-10,12-13,24,29,33-36H,7-8,11,14-23,25-27H2,1-3H3/t29-,33-,34+,35+,36-,37+/m1/s1. The fourth-order valence-corrected chi connectivity index (χ4v) is 8.46. The van der Waals surface area contributed by atoms with Gasteiger partial charge < -0.3 is 33.2 Å². The van der Waals surface area contributed by atoms with Crippen LogP contribution in [0.15, 0.2) is 48.5 Å². The first-order chi connectivity index (χ1) is 21.6. The van der Waals surface area contributed by atoms with Crippen LogP contribution in [0.3, 0.4) is 0 Å². The minimum absolute atomic E-state index is 0.229. The number of unbranched alkanes of at least 4 members (excludes halogenated alkanes) is 1. The number of fused-ring (bicyclic) bond motifs is 5. The molecule has 0 aromatic heterocycles. The van der Waals surface area contributed by atoms with E-state index in [1.165, 1.54) is 43.2 Å². The summed E-state index contributed by atoms with van der Waals surface area (Å²) in [5, 5.41) is 0. The van der Waals surface area contributed by atoms with Crippen molar-refractivity contribution in [2.24, 2.45) is 23.2 Å². The third kappa shape index (κ3) is 8.42. The first-order valence-corrected chi connectivity index (χ1v) is 16.8. The Morgan fingerprint density at radius 1 is 0.795 bits per heavy atom. The highest BCUT2D eigenvalue weighted by Gasteiger charge is 2.57. The van der Waals surface area contributed by atoms with Crippen molar-refractivity contribution in [3.05, 3.63) is 65.2 Å². The summed E-state index contributed by atoms with van der Waals surface area (Å²) >= 11 is 0. The zero-order valence-corrected chi connectivity index (χ0v) is 27.2. The Labute approximate surface area is 264 Å². The van der Waals surface area contributed by atoms with Crippen molar-refractivity contribution < 1.29 is 33.2 Å². The maximum absolute atomic E-state index is 6.27. The van der Waals surface area contributed by atoms with Crippen LogP contribution in [0.2, 0.25) is 0 Å². The minimum Gasteiger partial charge on any atom is -0.468 e. The quantitative estimate of drug-likeness (QED) is 0.124. The molecule has 0 spiro atoms. The van der Waals surface area contributed by atoms with Crippen molar-refractivity contribution in [3.8, 4) is 5.75 Å². The lowest BCUT2D eigenvalue weighted by atomic mass is 9.52. The molecular weight excluding hydrogens is 556 g/mol. The smallest absolute Gasteiger partial charge is 0.188 e. The Hall–Kier alpha value is -2.00. The van der Waals surface area contributed by atoms with Gasteiger partial charge in [-0.15, -0.1) is 0 Å². The summed E-state index contributed by atoms with van der Waals surface area (Å²) in [6.45, 7) is 7.02. The van der Waals surface area contributed by atoms with Gasteiger partial charge in [-0.05, 0) is 103 Å². The number of hydrogen-bond acceptors (Lipinski definition) is 7. The second kappa shape index (κ2) is 17.1. The Bertz CT molecular complexity index is 1110. The number of methoxy groups -OCH3 is 2. The van der Waals surface area contributed by atoms with Crippen LogP contribution in [0.5, 0.6) is 5.75 Å². The number of ether oxygens (including phenoxy) is 7. The molecule has 3 aliphatic rings. The first kappa shape index (κ1) is 33.4. The van der Waals surface area contributed by atoms with Gasteiger partial charge in [0.25, 0.3) is 0 Å². The topological polar surface area (TPSA) is 64.6 Å². The van der Waals surface area contributed by atoms with Gasteiger partial charge in [-0.3, -0.25) is 0 Å². The van der Waals surface area contributed by atoms with Gasteiger partial charge in [0.2, 0.25) is 0 Å². The van der Waals surface area contributed by atoms with Crippen molar-refractivity contribution in [3.63, 3.8) is 0 Å². The van der Waals surface area contributed by atoms with E-state index in [9.17, 15) is 0 Å². The predicted molar refractivity (Wildman–Crippen MR) is 171 cm³/mol. The van der Waals surface area contributed by atoms with Gasteiger partial charge >= 0.3 is 0 Å². The highest BCUT2D eigenvalue weighted by molar-refractivity contribution is 5.41. The van der Waals surface area contributed by atoms with Gasteiger partial charge in [-0.1, -0.05) is 49.7 Å². The Kier molecular flexibility index (Phi) is 12.9. The molecule has 0 aliphatic heterocycles. The number of benzene rings is 2. The van der Waals surface area contributed by atoms with E-state index in [-0.39, 0.29) is 12.2 Å².